The number of nitrogens with one attached hydrogen (secondary N) is 1. The number of anilines is 1. The van der Waals surface area contributed by atoms with Gasteiger partial charge < -0.3 is 4.74 Å². The molecule has 30 heavy (non-hydrogen) atoms. The summed E-state index contributed by atoms with van der Waals surface area (Å²) in [4.78, 5) is 30.6. The topological polar surface area (TPSA) is 80.2 Å². The Morgan fingerprint density at radius 2 is 1.97 bits per heavy atom. The van der Waals surface area contributed by atoms with Gasteiger partial charge in [-0.1, -0.05) is 6.92 Å². The van der Waals surface area contributed by atoms with Crippen molar-refractivity contribution in [2.75, 3.05) is 18.4 Å². The molecule has 4 rings (SSSR count). The number of aryl methyl sites for hydroxylation is 3. The van der Waals surface area contributed by atoms with Crippen molar-refractivity contribution in [3.63, 3.8) is 0 Å². The molecule has 0 spiro atoms. The quantitative estimate of drug-likeness (QED) is 0.634. The largest absolute Gasteiger partial charge is 0.373 e. The van der Waals surface area contributed by atoms with Crippen molar-refractivity contribution in [1.82, 2.24) is 19.9 Å². The molecule has 160 valence electrons. The van der Waals surface area contributed by atoms with Crippen LogP contribution in [0.3, 0.4) is 0 Å². The van der Waals surface area contributed by atoms with E-state index >= 15 is 0 Å². The van der Waals surface area contributed by atoms with E-state index in [0.717, 1.165) is 59.0 Å². The normalized spacial score (nSPS) is 20.0. The van der Waals surface area contributed by atoms with Crippen LogP contribution in [0.4, 0.5) is 5.13 Å². The van der Waals surface area contributed by atoms with Crippen molar-refractivity contribution in [1.29, 1.82) is 0 Å². The van der Waals surface area contributed by atoms with Crippen LogP contribution in [-0.2, 0) is 17.7 Å². The van der Waals surface area contributed by atoms with Gasteiger partial charge in [-0.2, -0.15) is 0 Å². The van der Waals surface area contributed by atoms with Crippen LogP contribution in [0.1, 0.15) is 53.2 Å². The van der Waals surface area contributed by atoms with Gasteiger partial charge in [-0.3, -0.25) is 15.0 Å². The van der Waals surface area contributed by atoms with Crippen LogP contribution in [0.15, 0.2) is 5.38 Å². The molecule has 0 saturated carbocycles. The number of hydrogen-bond donors (Lipinski definition) is 1. The Balaban J connectivity index is 1.48. The number of rotatable bonds is 5. The Kier molecular flexibility index (Phi) is 6.15. The van der Waals surface area contributed by atoms with Gasteiger partial charge in [0.15, 0.2) is 5.13 Å². The molecule has 1 fully saturated rings. The number of morpholine rings is 1. The van der Waals surface area contributed by atoms with Crippen LogP contribution < -0.4 is 5.32 Å². The zero-order chi connectivity index (χ0) is 21.4. The zero-order valence-electron chi connectivity index (χ0n) is 18.0. The third-order valence-electron chi connectivity index (χ3n) is 5.19. The Morgan fingerprint density at radius 1 is 1.23 bits per heavy atom. The fourth-order valence-corrected chi connectivity index (χ4v) is 5.85. The van der Waals surface area contributed by atoms with E-state index in [1.807, 2.05) is 26.2 Å². The van der Waals surface area contributed by atoms with Gasteiger partial charge in [0, 0.05) is 42.5 Å². The Bertz CT molecular complexity index is 1070. The third-order valence-corrected chi connectivity index (χ3v) is 7.18. The van der Waals surface area contributed by atoms with E-state index in [-0.39, 0.29) is 18.1 Å². The minimum absolute atomic E-state index is 0.137. The first-order valence-corrected chi connectivity index (χ1v) is 11.9. The highest BCUT2D eigenvalue weighted by Crippen LogP contribution is 2.32. The summed E-state index contributed by atoms with van der Waals surface area (Å²) < 4.78 is 5.80. The summed E-state index contributed by atoms with van der Waals surface area (Å²) in [7, 11) is 0. The third kappa shape index (κ3) is 4.39. The summed E-state index contributed by atoms with van der Waals surface area (Å²) in [5, 5.41) is 6.59. The molecule has 2 atom stereocenters. The lowest BCUT2D eigenvalue weighted by atomic mass is 10.1. The molecule has 3 aromatic rings. The van der Waals surface area contributed by atoms with Gasteiger partial charge in [0.25, 0.3) is 5.91 Å². The first kappa shape index (κ1) is 21.3. The maximum Gasteiger partial charge on any atom is 0.267 e. The standard InChI is InChI=1S/C21H27N5O2S2/c1-6-16-22-14(5)17-13(4)18(30-20(17)24-16)19(27)25-21-23-15(10-29-21)9-26-7-11(2)28-12(3)8-26/h10-12H,6-9H2,1-5H3,(H,23,25,27)/t11-,12+. The zero-order valence-corrected chi connectivity index (χ0v) is 19.6. The van der Waals surface area contributed by atoms with Gasteiger partial charge in [0.05, 0.1) is 22.8 Å². The van der Waals surface area contributed by atoms with E-state index in [2.05, 4.69) is 39.0 Å². The van der Waals surface area contributed by atoms with Gasteiger partial charge in [0.1, 0.15) is 10.7 Å². The molecule has 9 heteroatoms. The Hall–Kier alpha value is -1.94. The van der Waals surface area contributed by atoms with E-state index < -0.39 is 0 Å². The number of ether oxygens (including phenoxy) is 1. The minimum atomic E-state index is -0.137. The molecule has 3 aromatic heterocycles. The van der Waals surface area contributed by atoms with Gasteiger partial charge in [-0.25, -0.2) is 15.0 Å². The van der Waals surface area contributed by atoms with Gasteiger partial charge in [0.2, 0.25) is 0 Å². The number of carbonyl (C=O) groups is 1. The van der Waals surface area contributed by atoms with Crippen molar-refractivity contribution in [2.45, 2.75) is 59.8 Å². The first-order valence-electron chi connectivity index (χ1n) is 10.2. The smallest absolute Gasteiger partial charge is 0.267 e. The van der Waals surface area contributed by atoms with Crippen molar-refractivity contribution in [2.24, 2.45) is 0 Å². The first-order chi connectivity index (χ1) is 14.3. The number of hydrogen-bond acceptors (Lipinski definition) is 8. The number of fused-ring (bicyclic) bond motifs is 1. The monoisotopic (exact) mass is 445 g/mol. The average molecular weight is 446 g/mol. The lowest BCUT2D eigenvalue weighted by Crippen LogP contribution is -2.44. The number of thiophene rings is 1. The molecule has 0 aromatic carbocycles. The summed E-state index contributed by atoms with van der Waals surface area (Å²) >= 11 is 2.88. The van der Waals surface area contributed by atoms with E-state index in [0.29, 0.717) is 10.0 Å². The molecule has 1 amide bonds. The van der Waals surface area contributed by atoms with Crippen LogP contribution in [0.2, 0.25) is 0 Å². The molecule has 0 radical (unpaired) electrons. The fraction of sp³-hybridized carbons (Fsp3) is 0.524. The second-order valence-electron chi connectivity index (χ2n) is 7.86. The van der Waals surface area contributed by atoms with Crippen LogP contribution in [0, 0.1) is 13.8 Å². The number of carbonyl (C=O) groups excluding carboxylic acids is 1. The molecule has 0 unspecified atom stereocenters. The molecule has 7 nitrogen and oxygen atoms in total. The molecule has 1 aliphatic heterocycles. The highest BCUT2D eigenvalue weighted by Gasteiger charge is 2.23. The van der Waals surface area contributed by atoms with Crippen molar-refractivity contribution in [3.8, 4) is 0 Å². The number of nitrogens with zero attached hydrogens (tertiary/aromatic N) is 4. The highest BCUT2D eigenvalue weighted by atomic mass is 32.1. The van der Waals surface area contributed by atoms with E-state index in [1.54, 1.807) is 0 Å². The predicted molar refractivity (Wildman–Crippen MR) is 122 cm³/mol. The molecular weight excluding hydrogens is 418 g/mol. The number of aromatic nitrogens is 3. The summed E-state index contributed by atoms with van der Waals surface area (Å²) in [6.45, 7) is 12.7. The molecule has 1 aliphatic rings. The lowest BCUT2D eigenvalue weighted by molar-refractivity contribution is -0.0707. The Labute approximate surface area is 184 Å². The van der Waals surface area contributed by atoms with Crippen LogP contribution in [-0.4, -0.2) is 51.1 Å². The van der Waals surface area contributed by atoms with Crippen molar-refractivity contribution < 1.29 is 9.53 Å². The molecule has 0 bridgehead atoms. The maximum atomic E-state index is 12.9. The maximum absolute atomic E-state index is 12.9. The second kappa shape index (κ2) is 8.66. The highest BCUT2D eigenvalue weighted by molar-refractivity contribution is 7.21. The van der Waals surface area contributed by atoms with Gasteiger partial charge >= 0.3 is 0 Å². The summed E-state index contributed by atoms with van der Waals surface area (Å²) in [5.74, 6) is 0.673. The number of thiazole rings is 1. The lowest BCUT2D eigenvalue weighted by Gasteiger charge is -2.34. The van der Waals surface area contributed by atoms with Crippen molar-refractivity contribution in [3.05, 3.63) is 33.0 Å². The summed E-state index contributed by atoms with van der Waals surface area (Å²) in [6, 6.07) is 0. The van der Waals surface area contributed by atoms with Crippen LogP contribution >= 0.6 is 22.7 Å². The molecule has 1 saturated heterocycles. The van der Waals surface area contributed by atoms with Crippen LogP contribution in [0.25, 0.3) is 10.2 Å². The summed E-state index contributed by atoms with van der Waals surface area (Å²) in [5.41, 5.74) is 2.83. The average Bonchev–Trinajstić information content (AvgIpc) is 3.24. The number of amides is 1. The predicted octanol–water partition coefficient (Wildman–Crippen LogP) is 4.19. The fourth-order valence-electron chi connectivity index (χ4n) is 4.00. The van der Waals surface area contributed by atoms with Gasteiger partial charge in [-0.15, -0.1) is 22.7 Å². The van der Waals surface area contributed by atoms with E-state index in [4.69, 9.17) is 4.74 Å². The van der Waals surface area contributed by atoms with Crippen molar-refractivity contribution >= 4 is 43.9 Å². The van der Waals surface area contributed by atoms with Crippen LogP contribution in [0.5, 0.6) is 0 Å². The van der Waals surface area contributed by atoms with E-state index in [9.17, 15) is 4.79 Å². The molecule has 4 heterocycles. The molecule has 0 aliphatic carbocycles. The Morgan fingerprint density at radius 3 is 2.67 bits per heavy atom. The molecular formula is C21H27N5O2S2. The second-order valence-corrected chi connectivity index (χ2v) is 9.72. The minimum Gasteiger partial charge on any atom is -0.373 e. The molecule has 1 N–H and O–H groups in total. The van der Waals surface area contributed by atoms with Gasteiger partial charge in [-0.05, 0) is 33.3 Å². The SMILES string of the molecule is CCc1nc(C)c2c(C)c(C(=O)Nc3nc(CN4C[C@@H](C)O[C@@H](C)C4)cs3)sc2n1. The summed E-state index contributed by atoms with van der Waals surface area (Å²) in [6.07, 6.45) is 1.22. The van der Waals surface area contributed by atoms with E-state index in [1.165, 1.54) is 22.7 Å².